The van der Waals surface area contributed by atoms with Crippen LogP contribution in [0.3, 0.4) is 0 Å². The Bertz CT molecular complexity index is 2090. The van der Waals surface area contributed by atoms with Gasteiger partial charge in [-0.05, 0) is 83.1 Å². The van der Waals surface area contributed by atoms with Crippen LogP contribution in [0.2, 0.25) is 5.02 Å². The predicted molar refractivity (Wildman–Crippen MR) is 201 cm³/mol. The van der Waals surface area contributed by atoms with E-state index in [1.54, 1.807) is 7.11 Å². The van der Waals surface area contributed by atoms with Crippen molar-refractivity contribution in [1.82, 2.24) is 14.5 Å². The SMILES string of the molecule is COc1cccc(CN(Cc2ccc(CN)cc2)C(=O)c2ccc3c(c2)nc(CCc2ccc(C(=N)N)cc2)n3CCc2ccc(Cl)cc2)c1. The molecule has 0 fully saturated rings. The van der Waals surface area contributed by atoms with E-state index in [0.29, 0.717) is 42.2 Å². The molecule has 1 heterocycles. The molecule has 50 heavy (non-hydrogen) atoms. The Morgan fingerprint density at radius 1 is 0.780 bits per heavy atom. The summed E-state index contributed by atoms with van der Waals surface area (Å²) in [5, 5.41) is 8.41. The fraction of sp³-hybridized carbons (Fsp3) is 0.195. The van der Waals surface area contributed by atoms with Gasteiger partial charge in [0.2, 0.25) is 0 Å². The lowest BCUT2D eigenvalue weighted by Crippen LogP contribution is -2.30. The van der Waals surface area contributed by atoms with Crippen molar-refractivity contribution in [2.75, 3.05) is 7.11 Å². The second kappa shape index (κ2) is 15.8. The minimum absolute atomic E-state index is 0.0532. The molecule has 0 spiro atoms. The molecular formula is C41H41ClN6O2. The zero-order chi connectivity index (χ0) is 35.0. The number of nitrogens with zero attached hydrogens (tertiary/aromatic N) is 3. The topological polar surface area (TPSA) is 123 Å². The maximum atomic E-state index is 14.3. The number of ether oxygens (including phenoxy) is 1. The number of rotatable bonds is 14. The molecular weight excluding hydrogens is 644 g/mol. The van der Waals surface area contributed by atoms with Crippen LogP contribution in [0.15, 0.2) is 115 Å². The minimum atomic E-state index is -0.0829. The van der Waals surface area contributed by atoms with Gasteiger partial charge in [0, 0.05) is 48.7 Å². The number of nitrogens with two attached hydrogens (primary N) is 2. The number of fused-ring (bicyclic) bond motifs is 1. The van der Waals surface area contributed by atoms with E-state index < -0.39 is 0 Å². The van der Waals surface area contributed by atoms with Crippen LogP contribution in [-0.2, 0) is 45.4 Å². The lowest BCUT2D eigenvalue weighted by atomic mass is 10.1. The van der Waals surface area contributed by atoms with Crippen LogP contribution in [0.1, 0.15) is 49.6 Å². The number of hydrogen-bond donors (Lipinski definition) is 3. The molecule has 0 saturated carbocycles. The number of nitrogens with one attached hydrogen (secondary N) is 1. The molecule has 0 radical (unpaired) electrons. The van der Waals surface area contributed by atoms with Gasteiger partial charge in [0.25, 0.3) is 5.91 Å². The minimum Gasteiger partial charge on any atom is -0.497 e. The molecule has 0 aliphatic heterocycles. The average molecular weight is 685 g/mol. The Balaban J connectivity index is 1.31. The average Bonchev–Trinajstić information content (AvgIpc) is 3.50. The Hall–Kier alpha value is -5.44. The van der Waals surface area contributed by atoms with Crippen molar-refractivity contribution in [3.8, 4) is 5.75 Å². The fourth-order valence-electron chi connectivity index (χ4n) is 6.13. The highest BCUT2D eigenvalue weighted by molar-refractivity contribution is 6.30. The maximum absolute atomic E-state index is 14.3. The highest BCUT2D eigenvalue weighted by Gasteiger charge is 2.20. The zero-order valence-electron chi connectivity index (χ0n) is 28.1. The van der Waals surface area contributed by atoms with Crippen molar-refractivity contribution in [3.05, 3.63) is 165 Å². The number of aromatic nitrogens is 2. The normalized spacial score (nSPS) is 11.1. The summed E-state index contributed by atoms with van der Waals surface area (Å²) in [5.41, 5.74) is 19.9. The van der Waals surface area contributed by atoms with Crippen molar-refractivity contribution in [1.29, 1.82) is 5.41 Å². The zero-order valence-corrected chi connectivity index (χ0v) is 28.9. The molecule has 5 N–H and O–H groups in total. The monoisotopic (exact) mass is 684 g/mol. The fourth-order valence-corrected chi connectivity index (χ4v) is 6.25. The summed E-state index contributed by atoms with van der Waals surface area (Å²) in [6.45, 7) is 2.04. The van der Waals surface area contributed by atoms with E-state index >= 15 is 0 Å². The molecule has 0 atom stereocenters. The van der Waals surface area contributed by atoms with Gasteiger partial charge in [0.1, 0.15) is 17.4 Å². The molecule has 8 nitrogen and oxygen atoms in total. The van der Waals surface area contributed by atoms with Crippen molar-refractivity contribution in [2.45, 2.75) is 45.4 Å². The second-order valence-corrected chi connectivity index (χ2v) is 12.8. The molecule has 0 aliphatic rings. The van der Waals surface area contributed by atoms with Gasteiger partial charge in [-0.15, -0.1) is 0 Å². The third kappa shape index (κ3) is 8.40. The summed E-state index contributed by atoms with van der Waals surface area (Å²) >= 11 is 6.15. The first-order chi connectivity index (χ1) is 24.3. The summed E-state index contributed by atoms with van der Waals surface area (Å²) in [6, 6.07) is 37.4. The molecule has 0 bridgehead atoms. The maximum Gasteiger partial charge on any atom is 0.254 e. The number of carbonyl (C=O) groups is 1. The number of methoxy groups -OCH3 is 1. The first-order valence-electron chi connectivity index (χ1n) is 16.7. The number of amides is 1. The molecule has 0 unspecified atom stereocenters. The standard InChI is InChI=1S/C41H41ClN6O2/c1-50-36-4-2-3-32(23-36)27-47(26-31-7-5-30(25-43)6-8-31)41(49)34-16-19-38-37(24-34)46-39(20-13-28-9-14-33(15-10-28)40(44)45)48(38)22-21-29-11-17-35(42)18-12-29/h2-12,14-19,23-24H,13,20-22,25-27,43H2,1H3,(H3,44,45). The van der Waals surface area contributed by atoms with Gasteiger partial charge in [-0.2, -0.15) is 0 Å². The van der Waals surface area contributed by atoms with Crippen molar-refractivity contribution in [3.63, 3.8) is 0 Å². The molecule has 5 aromatic carbocycles. The molecule has 0 saturated heterocycles. The van der Waals surface area contributed by atoms with Crippen molar-refractivity contribution in [2.24, 2.45) is 11.5 Å². The molecule has 1 aromatic heterocycles. The largest absolute Gasteiger partial charge is 0.497 e. The van der Waals surface area contributed by atoms with Crippen LogP contribution < -0.4 is 16.2 Å². The summed E-state index contributed by atoms with van der Waals surface area (Å²) in [5.74, 6) is 1.66. The van der Waals surface area contributed by atoms with E-state index in [2.05, 4.69) is 16.7 Å². The van der Waals surface area contributed by atoms with Crippen LogP contribution in [0.4, 0.5) is 0 Å². The van der Waals surface area contributed by atoms with Crippen LogP contribution in [0.25, 0.3) is 11.0 Å². The summed E-state index contributed by atoms with van der Waals surface area (Å²) in [4.78, 5) is 21.3. The predicted octanol–water partition coefficient (Wildman–Crippen LogP) is 7.31. The Morgan fingerprint density at radius 3 is 2.12 bits per heavy atom. The van der Waals surface area contributed by atoms with Crippen molar-refractivity contribution >= 4 is 34.4 Å². The number of nitrogen functional groups attached to an aromatic ring is 1. The Morgan fingerprint density at radius 2 is 1.42 bits per heavy atom. The van der Waals surface area contributed by atoms with Crippen LogP contribution in [0.5, 0.6) is 5.75 Å². The molecule has 6 aromatic rings. The third-order valence-corrected chi connectivity index (χ3v) is 9.19. The van der Waals surface area contributed by atoms with E-state index in [-0.39, 0.29) is 11.7 Å². The van der Waals surface area contributed by atoms with E-state index in [9.17, 15) is 4.79 Å². The number of benzene rings is 5. The van der Waals surface area contributed by atoms with Gasteiger partial charge in [-0.1, -0.05) is 84.4 Å². The van der Waals surface area contributed by atoms with Gasteiger partial charge < -0.3 is 25.7 Å². The molecule has 9 heteroatoms. The summed E-state index contributed by atoms with van der Waals surface area (Å²) in [6.07, 6.45) is 2.28. The van der Waals surface area contributed by atoms with E-state index in [1.165, 1.54) is 5.56 Å². The Kier molecular flexibility index (Phi) is 10.9. The summed E-state index contributed by atoms with van der Waals surface area (Å²) < 4.78 is 7.72. The number of carbonyl (C=O) groups excluding carboxylic acids is 1. The highest BCUT2D eigenvalue weighted by atomic mass is 35.5. The quantitative estimate of drug-likeness (QED) is 0.0820. The van der Waals surface area contributed by atoms with Gasteiger partial charge in [0.05, 0.1) is 18.1 Å². The smallest absolute Gasteiger partial charge is 0.254 e. The van der Waals surface area contributed by atoms with Crippen LogP contribution in [0, 0.1) is 5.41 Å². The van der Waals surface area contributed by atoms with Crippen LogP contribution >= 0.6 is 11.6 Å². The number of imidazole rings is 1. The van der Waals surface area contributed by atoms with Gasteiger partial charge in [0.15, 0.2) is 0 Å². The van der Waals surface area contributed by atoms with Crippen molar-refractivity contribution < 1.29 is 9.53 Å². The molecule has 1 amide bonds. The first kappa shape index (κ1) is 34.4. The lowest BCUT2D eigenvalue weighted by molar-refractivity contribution is 0.0730. The number of halogens is 1. The number of amidine groups is 1. The van der Waals surface area contributed by atoms with E-state index in [1.807, 2.05) is 108 Å². The second-order valence-electron chi connectivity index (χ2n) is 12.4. The molecule has 254 valence electrons. The van der Waals surface area contributed by atoms with Gasteiger partial charge in [-0.25, -0.2) is 4.98 Å². The highest BCUT2D eigenvalue weighted by Crippen LogP contribution is 2.24. The molecule has 0 aliphatic carbocycles. The third-order valence-electron chi connectivity index (χ3n) is 8.94. The molecule has 6 rings (SSSR count). The lowest BCUT2D eigenvalue weighted by Gasteiger charge is -2.24. The van der Waals surface area contributed by atoms with Crippen LogP contribution in [-0.4, -0.2) is 33.3 Å². The number of aryl methyl sites for hydroxylation is 4. The Labute approximate surface area is 297 Å². The summed E-state index contributed by atoms with van der Waals surface area (Å²) in [7, 11) is 1.64. The van der Waals surface area contributed by atoms with Gasteiger partial charge in [-0.3, -0.25) is 10.2 Å². The first-order valence-corrected chi connectivity index (χ1v) is 17.0. The number of hydrogen-bond acceptors (Lipinski definition) is 5. The van der Waals surface area contributed by atoms with Gasteiger partial charge >= 0.3 is 0 Å². The van der Waals surface area contributed by atoms with E-state index in [0.717, 1.165) is 64.2 Å². The van der Waals surface area contributed by atoms with E-state index in [4.69, 9.17) is 38.2 Å².